The van der Waals surface area contributed by atoms with Crippen LogP contribution in [0.3, 0.4) is 0 Å². The highest BCUT2D eigenvalue weighted by atomic mass is 79.9. The molecular formula is C9H7BrClNO2. The first kappa shape index (κ1) is 11.2. The highest BCUT2D eigenvalue weighted by Gasteiger charge is 2.21. The van der Waals surface area contributed by atoms with Gasteiger partial charge in [0.25, 0.3) is 5.70 Å². The second-order valence-corrected chi connectivity index (χ2v) is 3.90. The number of hydrogen-bond donors (Lipinski definition) is 0. The zero-order valence-electron chi connectivity index (χ0n) is 7.33. The van der Waals surface area contributed by atoms with E-state index in [0.717, 1.165) is 0 Å². The largest absolute Gasteiger partial charge is 0.291 e. The third-order valence-electron chi connectivity index (χ3n) is 1.67. The number of nitro groups is 1. The molecule has 0 fully saturated rings. The van der Waals surface area contributed by atoms with Crippen LogP contribution in [0.25, 0.3) is 0 Å². The van der Waals surface area contributed by atoms with Gasteiger partial charge in [0.15, 0.2) is 0 Å². The van der Waals surface area contributed by atoms with Crippen LogP contribution in [0.1, 0.15) is 6.92 Å². The van der Waals surface area contributed by atoms with Crippen molar-refractivity contribution in [1.29, 1.82) is 0 Å². The minimum absolute atomic E-state index is 0.0702. The third kappa shape index (κ3) is 2.33. The van der Waals surface area contributed by atoms with E-state index in [1.165, 1.54) is 0 Å². The summed E-state index contributed by atoms with van der Waals surface area (Å²) >= 11 is 9.01. The van der Waals surface area contributed by atoms with E-state index in [1.54, 1.807) is 31.2 Å². The van der Waals surface area contributed by atoms with Crippen LogP contribution in [-0.4, -0.2) is 4.92 Å². The molecule has 0 aromatic carbocycles. The van der Waals surface area contributed by atoms with E-state index >= 15 is 0 Å². The fraction of sp³-hybridized carbons (Fsp3) is 0.111. The molecule has 0 aromatic rings. The van der Waals surface area contributed by atoms with Gasteiger partial charge in [-0.15, -0.1) is 0 Å². The Morgan fingerprint density at radius 2 is 2.00 bits per heavy atom. The summed E-state index contributed by atoms with van der Waals surface area (Å²) in [7, 11) is 0. The Balaban J connectivity index is 3.35. The van der Waals surface area contributed by atoms with Gasteiger partial charge in [0.05, 0.1) is 4.92 Å². The lowest BCUT2D eigenvalue weighted by molar-refractivity contribution is -0.421. The van der Waals surface area contributed by atoms with Gasteiger partial charge in [-0.25, -0.2) is 0 Å². The van der Waals surface area contributed by atoms with Crippen molar-refractivity contribution >= 4 is 27.5 Å². The topological polar surface area (TPSA) is 43.1 Å². The summed E-state index contributed by atoms with van der Waals surface area (Å²) in [6.07, 6.45) is 6.79. The Morgan fingerprint density at radius 3 is 2.57 bits per heavy atom. The Hall–Kier alpha value is -0.870. The van der Waals surface area contributed by atoms with Gasteiger partial charge >= 0.3 is 0 Å². The highest BCUT2D eigenvalue weighted by molar-refractivity contribution is 9.12. The number of hydrogen-bond acceptors (Lipinski definition) is 2. The first-order valence-electron chi connectivity index (χ1n) is 3.79. The van der Waals surface area contributed by atoms with Gasteiger partial charge < -0.3 is 0 Å². The second-order valence-electron chi connectivity index (χ2n) is 2.67. The number of nitrogens with zero attached hydrogens (tertiary/aromatic N) is 1. The van der Waals surface area contributed by atoms with E-state index in [2.05, 4.69) is 15.9 Å². The molecule has 0 bridgehead atoms. The lowest BCUT2D eigenvalue weighted by Gasteiger charge is -2.03. The molecule has 0 aliphatic heterocycles. The zero-order chi connectivity index (χ0) is 10.7. The number of rotatable bonds is 1. The van der Waals surface area contributed by atoms with E-state index in [9.17, 15) is 10.1 Å². The molecule has 0 atom stereocenters. The summed E-state index contributed by atoms with van der Waals surface area (Å²) in [5.41, 5.74) is 0.459. The zero-order valence-corrected chi connectivity index (χ0v) is 9.67. The van der Waals surface area contributed by atoms with Crippen LogP contribution in [0.5, 0.6) is 0 Å². The molecule has 0 saturated heterocycles. The van der Waals surface area contributed by atoms with Crippen LogP contribution >= 0.6 is 27.5 Å². The van der Waals surface area contributed by atoms with Crippen molar-refractivity contribution in [3.05, 3.63) is 55.2 Å². The molecule has 74 valence electrons. The minimum Gasteiger partial charge on any atom is -0.258 e. The average Bonchev–Trinajstić information content (AvgIpc) is 2.09. The highest BCUT2D eigenvalue weighted by Crippen LogP contribution is 2.29. The maximum absolute atomic E-state index is 10.7. The summed E-state index contributed by atoms with van der Waals surface area (Å²) in [6.45, 7) is 1.65. The maximum Gasteiger partial charge on any atom is 0.291 e. The summed E-state index contributed by atoms with van der Waals surface area (Å²) in [5, 5.41) is 10.9. The Kier molecular flexibility index (Phi) is 3.66. The molecule has 0 spiro atoms. The molecule has 0 amide bonds. The first-order chi connectivity index (χ1) is 6.54. The van der Waals surface area contributed by atoms with E-state index < -0.39 is 4.92 Å². The fourth-order valence-corrected chi connectivity index (χ4v) is 1.62. The predicted molar refractivity (Wildman–Crippen MR) is 59.8 cm³/mol. The molecule has 1 aliphatic rings. The number of allylic oxidation sites excluding steroid dienone is 7. The molecule has 0 unspecified atom stereocenters. The van der Waals surface area contributed by atoms with E-state index in [0.29, 0.717) is 10.1 Å². The standard InChI is InChI=1S/C9H7BrClNO2/c1-6-4-2-3-5-7(10)8(11)9(6)12(13)14/h2-5H,1H3/b3-2+,4-2?,5-3?,6-4+,7-5+,8-7?,9-6?,9-8-. The number of halogens is 2. The third-order valence-corrected chi connectivity index (χ3v) is 2.95. The van der Waals surface area contributed by atoms with Crippen molar-refractivity contribution in [3.8, 4) is 0 Å². The lowest BCUT2D eigenvalue weighted by atomic mass is 10.1. The molecule has 0 N–H and O–H groups in total. The van der Waals surface area contributed by atoms with Crippen molar-refractivity contribution in [2.75, 3.05) is 0 Å². The molecule has 1 aliphatic carbocycles. The van der Waals surface area contributed by atoms with Crippen molar-refractivity contribution < 1.29 is 4.92 Å². The molecule has 0 radical (unpaired) electrons. The van der Waals surface area contributed by atoms with Gasteiger partial charge in [0.1, 0.15) is 5.03 Å². The summed E-state index contributed by atoms with van der Waals surface area (Å²) in [5.74, 6) is 0. The van der Waals surface area contributed by atoms with Crippen LogP contribution in [0.2, 0.25) is 0 Å². The molecule has 5 heteroatoms. The molecule has 0 heterocycles. The average molecular weight is 277 g/mol. The summed E-state index contributed by atoms with van der Waals surface area (Å²) in [6, 6.07) is 0. The van der Waals surface area contributed by atoms with E-state index in [4.69, 9.17) is 11.6 Å². The lowest BCUT2D eigenvalue weighted by Crippen LogP contribution is -2.03. The maximum atomic E-state index is 10.7. The van der Waals surface area contributed by atoms with Gasteiger partial charge in [0.2, 0.25) is 0 Å². The second kappa shape index (κ2) is 4.57. The SMILES string of the molecule is CC1=C\C=C\C=C(Br)/C(Cl)=C\1[N+](=O)[O-]. The van der Waals surface area contributed by atoms with Crippen LogP contribution in [0.4, 0.5) is 0 Å². The smallest absolute Gasteiger partial charge is 0.258 e. The minimum atomic E-state index is -0.484. The van der Waals surface area contributed by atoms with Crippen LogP contribution in [0, 0.1) is 10.1 Å². The van der Waals surface area contributed by atoms with Crippen LogP contribution in [0.15, 0.2) is 45.1 Å². The normalized spacial score (nSPS) is 31.9. The fourth-order valence-electron chi connectivity index (χ4n) is 1.00. The van der Waals surface area contributed by atoms with Crippen molar-refractivity contribution in [2.24, 2.45) is 0 Å². The van der Waals surface area contributed by atoms with Crippen molar-refractivity contribution in [3.63, 3.8) is 0 Å². The van der Waals surface area contributed by atoms with Gasteiger partial charge in [-0.2, -0.15) is 0 Å². The summed E-state index contributed by atoms with van der Waals surface area (Å²) < 4.78 is 0.509. The quantitative estimate of drug-likeness (QED) is 0.543. The Labute approximate surface area is 94.7 Å². The van der Waals surface area contributed by atoms with E-state index in [-0.39, 0.29) is 10.7 Å². The Bertz CT molecular complexity index is 394. The van der Waals surface area contributed by atoms with Gasteiger partial charge in [-0.05, 0) is 28.9 Å². The summed E-state index contributed by atoms with van der Waals surface area (Å²) in [4.78, 5) is 10.3. The van der Waals surface area contributed by atoms with Gasteiger partial charge in [-0.1, -0.05) is 29.8 Å². The van der Waals surface area contributed by atoms with Crippen molar-refractivity contribution in [1.82, 2.24) is 0 Å². The molecular weight excluding hydrogens is 269 g/mol. The molecule has 0 aromatic heterocycles. The van der Waals surface area contributed by atoms with Gasteiger partial charge in [0, 0.05) is 10.1 Å². The van der Waals surface area contributed by atoms with Crippen LogP contribution in [-0.2, 0) is 0 Å². The van der Waals surface area contributed by atoms with E-state index in [1.807, 2.05) is 0 Å². The van der Waals surface area contributed by atoms with Crippen LogP contribution < -0.4 is 0 Å². The molecule has 14 heavy (non-hydrogen) atoms. The first-order valence-corrected chi connectivity index (χ1v) is 4.97. The molecule has 0 saturated carbocycles. The van der Waals surface area contributed by atoms with Gasteiger partial charge in [-0.3, -0.25) is 10.1 Å². The predicted octanol–water partition coefficient (Wildman–Crippen LogP) is 3.51. The monoisotopic (exact) mass is 275 g/mol. The van der Waals surface area contributed by atoms with Crippen molar-refractivity contribution in [2.45, 2.75) is 6.92 Å². The molecule has 1 rings (SSSR count). The Morgan fingerprint density at radius 1 is 1.43 bits per heavy atom. The molecule has 3 nitrogen and oxygen atoms in total.